The monoisotopic (exact) mass is 418 g/mol. The largest absolute Gasteiger partial charge is 0.368 e. The number of hydrogen-bond acceptors (Lipinski definition) is 4. The molecule has 2 unspecified atom stereocenters. The highest BCUT2D eigenvalue weighted by atomic mass is 32.2. The van der Waals surface area contributed by atoms with E-state index >= 15 is 0 Å². The molecule has 2 N–H and O–H groups in total. The molecule has 160 valence electrons. The van der Waals surface area contributed by atoms with Gasteiger partial charge in [-0.15, -0.1) is 0 Å². The standard InChI is InChI=1S/C22H34N4O2S/c1-4-23-22(26-10-12-29-20(15-26)16(2)3)24-14-17-7-5-8-18(13-17)25-21(27)19-9-6-11-28-19/h5,7-8,13,16,19-20H,4,6,9-12,14-15H2,1-3H3,(H,23,24)(H,25,27). The van der Waals surface area contributed by atoms with Crippen molar-refractivity contribution in [1.29, 1.82) is 0 Å². The number of carbonyl (C=O) groups is 1. The summed E-state index contributed by atoms with van der Waals surface area (Å²) in [7, 11) is 0. The molecule has 0 radical (unpaired) electrons. The fraction of sp³-hybridized carbons (Fsp3) is 0.636. The van der Waals surface area contributed by atoms with Gasteiger partial charge in [0.2, 0.25) is 0 Å². The van der Waals surface area contributed by atoms with Crippen molar-refractivity contribution in [2.24, 2.45) is 10.9 Å². The van der Waals surface area contributed by atoms with E-state index in [-0.39, 0.29) is 12.0 Å². The molecule has 0 aromatic heterocycles. The van der Waals surface area contributed by atoms with E-state index in [1.165, 1.54) is 0 Å². The number of amides is 1. The van der Waals surface area contributed by atoms with Crippen LogP contribution in [0.25, 0.3) is 0 Å². The Morgan fingerprint density at radius 2 is 2.28 bits per heavy atom. The average molecular weight is 419 g/mol. The molecule has 2 heterocycles. The van der Waals surface area contributed by atoms with Crippen molar-refractivity contribution in [1.82, 2.24) is 10.2 Å². The summed E-state index contributed by atoms with van der Waals surface area (Å²) in [5, 5.41) is 7.07. The molecule has 0 bridgehead atoms. The van der Waals surface area contributed by atoms with Gasteiger partial charge < -0.3 is 20.3 Å². The van der Waals surface area contributed by atoms with E-state index < -0.39 is 0 Å². The normalized spacial score (nSPS) is 22.8. The molecule has 0 saturated carbocycles. The minimum Gasteiger partial charge on any atom is -0.368 e. The Balaban J connectivity index is 1.63. The zero-order valence-electron chi connectivity index (χ0n) is 17.8. The molecule has 0 spiro atoms. The van der Waals surface area contributed by atoms with Crippen LogP contribution in [0.1, 0.15) is 39.2 Å². The zero-order chi connectivity index (χ0) is 20.6. The van der Waals surface area contributed by atoms with Gasteiger partial charge in [-0.25, -0.2) is 4.99 Å². The second-order valence-corrected chi connectivity index (χ2v) is 9.31. The van der Waals surface area contributed by atoms with E-state index in [1.54, 1.807) is 0 Å². The van der Waals surface area contributed by atoms with Crippen molar-refractivity contribution in [3.8, 4) is 0 Å². The number of nitrogens with zero attached hydrogens (tertiary/aromatic N) is 2. The lowest BCUT2D eigenvalue weighted by Gasteiger charge is -2.36. The number of anilines is 1. The maximum Gasteiger partial charge on any atom is 0.253 e. The van der Waals surface area contributed by atoms with Crippen LogP contribution in [-0.2, 0) is 16.1 Å². The average Bonchev–Trinajstić information content (AvgIpc) is 3.26. The Morgan fingerprint density at radius 3 is 3.00 bits per heavy atom. The van der Waals surface area contributed by atoms with Crippen LogP contribution in [0.4, 0.5) is 5.69 Å². The van der Waals surface area contributed by atoms with Gasteiger partial charge in [0.05, 0.1) is 6.54 Å². The Kier molecular flexibility index (Phi) is 8.24. The summed E-state index contributed by atoms with van der Waals surface area (Å²) in [5.74, 6) is 2.72. The Bertz CT molecular complexity index is 704. The van der Waals surface area contributed by atoms with Gasteiger partial charge >= 0.3 is 0 Å². The highest BCUT2D eigenvalue weighted by Gasteiger charge is 2.25. The van der Waals surface area contributed by atoms with Crippen molar-refractivity contribution >= 4 is 29.3 Å². The summed E-state index contributed by atoms with van der Waals surface area (Å²) in [6.45, 7) is 10.9. The molecule has 1 amide bonds. The SMILES string of the molecule is CCNC(=NCc1cccc(NC(=O)C2CCCO2)c1)N1CCSC(C(C)C)C1. The first kappa shape index (κ1) is 22.0. The summed E-state index contributed by atoms with van der Waals surface area (Å²) in [4.78, 5) is 19.6. The zero-order valence-corrected chi connectivity index (χ0v) is 18.6. The van der Waals surface area contributed by atoms with Gasteiger partial charge in [0.25, 0.3) is 5.91 Å². The van der Waals surface area contributed by atoms with Crippen LogP contribution in [0, 0.1) is 5.92 Å². The fourth-order valence-corrected chi connectivity index (χ4v) is 4.92. The highest BCUT2D eigenvalue weighted by molar-refractivity contribution is 8.00. The number of nitrogens with one attached hydrogen (secondary N) is 2. The highest BCUT2D eigenvalue weighted by Crippen LogP contribution is 2.25. The molecular weight excluding hydrogens is 384 g/mol. The number of guanidine groups is 1. The summed E-state index contributed by atoms with van der Waals surface area (Å²) < 4.78 is 5.47. The van der Waals surface area contributed by atoms with Crippen molar-refractivity contribution in [3.63, 3.8) is 0 Å². The lowest BCUT2D eigenvalue weighted by molar-refractivity contribution is -0.124. The molecule has 29 heavy (non-hydrogen) atoms. The first-order chi connectivity index (χ1) is 14.1. The van der Waals surface area contributed by atoms with E-state index in [0.29, 0.717) is 24.3 Å². The molecule has 7 heteroatoms. The molecule has 1 aromatic carbocycles. The molecule has 6 nitrogen and oxygen atoms in total. The number of hydrogen-bond donors (Lipinski definition) is 2. The minimum atomic E-state index is -0.317. The third-order valence-electron chi connectivity index (χ3n) is 5.30. The molecule has 2 saturated heterocycles. The first-order valence-electron chi connectivity index (χ1n) is 10.7. The van der Waals surface area contributed by atoms with Crippen molar-refractivity contribution in [2.45, 2.75) is 51.5 Å². The van der Waals surface area contributed by atoms with E-state index in [9.17, 15) is 4.79 Å². The summed E-state index contributed by atoms with van der Waals surface area (Å²) in [5.41, 5.74) is 1.88. The Hall–Kier alpha value is -1.73. The first-order valence-corrected chi connectivity index (χ1v) is 11.8. The third-order valence-corrected chi connectivity index (χ3v) is 6.84. The van der Waals surface area contributed by atoms with E-state index in [4.69, 9.17) is 9.73 Å². The van der Waals surface area contributed by atoms with E-state index in [2.05, 4.69) is 54.1 Å². The number of carbonyl (C=O) groups excluding carboxylic acids is 1. The van der Waals surface area contributed by atoms with Crippen LogP contribution < -0.4 is 10.6 Å². The van der Waals surface area contributed by atoms with Crippen LogP contribution in [-0.4, -0.2) is 60.1 Å². The van der Waals surface area contributed by atoms with E-state index in [1.807, 2.05) is 18.2 Å². The molecule has 1 aromatic rings. The van der Waals surface area contributed by atoms with Crippen LogP contribution in [0.2, 0.25) is 0 Å². The second-order valence-electron chi connectivity index (χ2n) is 7.96. The fourth-order valence-electron chi connectivity index (χ4n) is 3.62. The Labute approximate surface area is 178 Å². The molecular formula is C22H34N4O2S. The molecule has 0 aliphatic carbocycles. The van der Waals surface area contributed by atoms with Crippen molar-refractivity contribution in [2.75, 3.05) is 37.3 Å². The van der Waals surface area contributed by atoms with Crippen molar-refractivity contribution in [3.05, 3.63) is 29.8 Å². The number of rotatable bonds is 6. The quantitative estimate of drug-likeness (QED) is 0.548. The van der Waals surface area contributed by atoms with Crippen LogP contribution >= 0.6 is 11.8 Å². The molecule has 3 rings (SSSR count). The van der Waals surface area contributed by atoms with E-state index in [0.717, 1.165) is 55.4 Å². The smallest absolute Gasteiger partial charge is 0.253 e. The van der Waals surface area contributed by atoms with Gasteiger partial charge in [0.15, 0.2) is 5.96 Å². The lowest BCUT2D eigenvalue weighted by atomic mass is 10.1. The number of ether oxygens (including phenoxy) is 1. The third kappa shape index (κ3) is 6.37. The molecule has 2 aliphatic rings. The van der Waals surface area contributed by atoms with Crippen LogP contribution in [0.15, 0.2) is 29.3 Å². The lowest BCUT2D eigenvalue weighted by Crippen LogP contribution is -2.49. The predicted octanol–water partition coefficient (Wildman–Crippen LogP) is 3.34. The Morgan fingerprint density at radius 1 is 1.41 bits per heavy atom. The van der Waals surface area contributed by atoms with Gasteiger partial charge in [-0.05, 0) is 43.4 Å². The van der Waals surface area contributed by atoms with Gasteiger partial charge in [-0.2, -0.15) is 11.8 Å². The summed E-state index contributed by atoms with van der Waals surface area (Å²) >= 11 is 2.07. The number of thioether (sulfide) groups is 1. The maximum atomic E-state index is 12.3. The van der Waals surface area contributed by atoms with Crippen LogP contribution in [0.3, 0.4) is 0 Å². The van der Waals surface area contributed by atoms with Crippen molar-refractivity contribution < 1.29 is 9.53 Å². The number of benzene rings is 1. The summed E-state index contributed by atoms with van der Waals surface area (Å²) in [6.07, 6.45) is 1.43. The number of aliphatic imine (C=N–C) groups is 1. The van der Waals surface area contributed by atoms with Gasteiger partial charge in [-0.3, -0.25) is 4.79 Å². The second kappa shape index (κ2) is 10.9. The minimum absolute atomic E-state index is 0.0537. The van der Waals surface area contributed by atoms with Gasteiger partial charge in [0, 0.05) is 42.9 Å². The van der Waals surface area contributed by atoms with Gasteiger partial charge in [-0.1, -0.05) is 26.0 Å². The topological polar surface area (TPSA) is 66.0 Å². The molecule has 2 aliphatic heterocycles. The van der Waals surface area contributed by atoms with Crippen LogP contribution in [0.5, 0.6) is 0 Å². The van der Waals surface area contributed by atoms with Gasteiger partial charge in [0.1, 0.15) is 6.10 Å². The summed E-state index contributed by atoms with van der Waals surface area (Å²) in [6, 6.07) is 7.94. The maximum absolute atomic E-state index is 12.3. The molecule has 2 atom stereocenters. The predicted molar refractivity (Wildman–Crippen MR) is 122 cm³/mol. The molecule has 2 fully saturated rings.